The molecule has 0 saturated heterocycles. The van der Waals surface area contributed by atoms with E-state index >= 15 is 0 Å². The topological polar surface area (TPSA) is 106 Å². The van der Waals surface area contributed by atoms with Gasteiger partial charge in [-0.05, 0) is 42.0 Å². The van der Waals surface area contributed by atoms with Crippen molar-refractivity contribution >= 4 is 11.7 Å². The van der Waals surface area contributed by atoms with Crippen molar-refractivity contribution in [2.45, 2.75) is 12.7 Å². The van der Waals surface area contributed by atoms with Crippen LogP contribution in [0, 0.1) is 0 Å². The number of aliphatic carboxylic acids is 1. The standard InChI is InChI=1S/C20H18F3N5O3/c21-20(22,23)15-3-1-14(2-4-15)11-28-19(31)27(13-25-28)17-7-5-16(6-8-17)26(10-9-24)12-18(29)30/h1-10,13H,11-12,24H2,(H,29,30)/b10-9+. The number of nitrogens with zero attached hydrogens (tertiary/aromatic N) is 4. The number of carboxylic acid groups (broad SMARTS) is 1. The minimum atomic E-state index is -4.43. The van der Waals surface area contributed by atoms with E-state index in [2.05, 4.69) is 5.10 Å². The molecule has 3 N–H and O–H groups in total. The van der Waals surface area contributed by atoms with Crippen molar-refractivity contribution in [2.24, 2.45) is 5.73 Å². The summed E-state index contributed by atoms with van der Waals surface area (Å²) in [4.78, 5) is 25.0. The number of rotatable bonds is 7. The summed E-state index contributed by atoms with van der Waals surface area (Å²) in [6.45, 7) is -0.284. The molecule has 3 aromatic rings. The summed E-state index contributed by atoms with van der Waals surface area (Å²) < 4.78 is 40.4. The van der Waals surface area contributed by atoms with E-state index in [1.165, 1.54) is 40.3 Å². The Morgan fingerprint density at radius 2 is 1.77 bits per heavy atom. The second-order valence-electron chi connectivity index (χ2n) is 6.52. The van der Waals surface area contributed by atoms with Crippen molar-refractivity contribution in [1.29, 1.82) is 0 Å². The zero-order chi connectivity index (χ0) is 22.6. The molecule has 1 heterocycles. The fourth-order valence-corrected chi connectivity index (χ4v) is 2.88. The van der Waals surface area contributed by atoms with Crippen molar-refractivity contribution in [3.8, 4) is 5.69 Å². The van der Waals surface area contributed by atoms with Crippen LogP contribution in [0.5, 0.6) is 0 Å². The van der Waals surface area contributed by atoms with Gasteiger partial charge in [-0.1, -0.05) is 12.1 Å². The van der Waals surface area contributed by atoms with E-state index in [-0.39, 0.29) is 13.1 Å². The third-order valence-corrected chi connectivity index (χ3v) is 4.38. The quantitative estimate of drug-likeness (QED) is 0.593. The average Bonchev–Trinajstić information content (AvgIpc) is 3.07. The average molecular weight is 433 g/mol. The van der Waals surface area contributed by atoms with Gasteiger partial charge in [0.2, 0.25) is 0 Å². The Balaban J connectivity index is 1.79. The maximum Gasteiger partial charge on any atom is 0.416 e. The van der Waals surface area contributed by atoms with Crippen LogP contribution in [0.1, 0.15) is 11.1 Å². The Morgan fingerprint density at radius 1 is 1.13 bits per heavy atom. The molecule has 0 amide bonds. The van der Waals surface area contributed by atoms with Crippen LogP contribution in [0.25, 0.3) is 5.69 Å². The first-order valence-electron chi connectivity index (χ1n) is 8.97. The van der Waals surface area contributed by atoms with Gasteiger partial charge in [-0.15, -0.1) is 0 Å². The van der Waals surface area contributed by atoms with E-state index in [9.17, 15) is 22.8 Å². The predicted molar refractivity (Wildman–Crippen MR) is 107 cm³/mol. The highest BCUT2D eigenvalue weighted by atomic mass is 19.4. The lowest BCUT2D eigenvalue weighted by Crippen LogP contribution is -2.25. The number of carbonyl (C=O) groups is 1. The van der Waals surface area contributed by atoms with Gasteiger partial charge in [0, 0.05) is 18.1 Å². The largest absolute Gasteiger partial charge is 0.480 e. The van der Waals surface area contributed by atoms with Crippen molar-refractivity contribution < 1.29 is 23.1 Å². The fraction of sp³-hybridized carbons (Fsp3) is 0.150. The Kier molecular flexibility index (Phi) is 6.14. The summed E-state index contributed by atoms with van der Waals surface area (Å²) in [5, 5.41) is 13.0. The molecule has 0 fully saturated rings. The maximum atomic E-state index is 12.7. The Bertz CT molecular complexity index is 1130. The molecule has 0 radical (unpaired) electrons. The van der Waals surface area contributed by atoms with Crippen LogP contribution in [0.3, 0.4) is 0 Å². The molecule has 0 aliphatic rings. The van der Waals surface area contributed by atoms with Crippen molar-refractivity contribution in [3.63, 3.8) is 0 Å². The highest BCUT2D eigenvalue weighted by Crippen LogP contribution is 2.29. The fourth-order valence-electron chi connectivity index (χ4n) is 2.88. The molecule has 162 valence electrons. The van der Waals surface area contributed by atoms with Crippen molar-refractivity contribution in [2.75, 3.05) is 11.4 Å². The number of aromatic nitrogens is 3. The van der Waals surface area contributed by atoms with Crippen LogP contribution in [0.2, 0.25) is 0 Å². The summed E-state index contributed by atoms with van der Waals surface area (Å²) >= 11 is 0. The molecule has 31 heavy (non-hydrogen) atoms. The SMILES string of the molecule is N/C=C/N(CC(=O)O)c1ccc(-n2cnn(Cc3ccc(C(F)(F)F)cc3)c2=O)cc1. The minimum absolute atomic E-state index is 0.00966. The highest BCUT2D eigenvalue weighted by molar-refractivity contribution is 5.74. The third-order valence-electron chi connectivity index (χ3n) is 4.38. The Labute approximate surface area is 174 Å². The number of hydrogen-bond acceptors (Lipinski definition) is 5. The first-order valence-corrected chi connectivity index (χ1v) is 8.97. The first kappa shape index (κ1) is 21.7. The van der Waals surface area contributed by atoms with Crippen LogP contribution >= 0.6 is 0 Å². The molecule has 0 spiro atoms. The molecule has 0 unspecified atom stereocenters. The molecule has 0 bridgehead atoms. The van der Waals surface area contributed by atoms with Crippen molar-refractivity contribution in [3.05, 3.63) is 88.9 Å². The van der Waals surface area contributed by atoms with E-state index in [1.807, 2.05) is 0 Å². The molecule has 3 rings (SSSR count). The van der Waals surface area contributed by atoms with Gasteiger partial charge >= 0.3 is 17.8 Å². The molecule has 8 nitrogen and oxygen atoms in total. The molecular formula is C20H18F3N5O3. The zero-order valence-corrected chi connectivity index (χ0v) is 16.0. The number of hydrogen-bond donors (Lipinski definition) is 2. The van der Waals surface area contributed by atoms with E-state index < -0.39 is 23.4 Å². The molecular weight excluding hydrogens is 415 g/mol. The monoisotopic (exact) mass is 433 g/mol. The maximum absolute atomic E-state index is 12.7. The smallest absolute Gasteiger partial charge is 0.416 e. The lowest BCUT2D eigenvalue weighted by molar-refractivity contribution is -0.137. The van der Waals surface area contributed by atoms with Gasteiger partial charge in [0.1, 0.15) is 12.9 Å². The van der Waals surface area contributed by atoms with Gasteiger partial charge < -0.3 is 15.7 Å². The third kappa shape index (κ3) is 5.13. The molecule has 0 aliphatic heterocycles. The van der Waals surface area contributed by atoms with Crippen LogP contribution < -0.4 is 16.3 Å². The summed E-state index contributed by atoms with van der Waals surface area (Å²) in [6.07, 6.45) is -0.497. The van der Waals surface area contributed by atoms with Gasteiger partial charge in [-0.25, -0.2) is 14.0 Å². The Morgan fingerprint density at radius 3 is 2.32 bits per heavy atom. The number of benzene rings is 2. The lowest BCUT2D eigenvalue weighted by atomic mass is 10.1. The van der Waals surface area contributed by atoms with Gasteiger partial charge in [0.15, 0.2) is 0 Å². The van der Waals surface area contributed by atoms with Crippen LogP contribution in [0.15, 0.2) is 72.1 Å². The summed E-state index contributed by atoms with van der Waals surface area (Å²) in [5.41, 5.74) is 5.64. The molecule has 0 atom stereocenters. The van der Waals surface area contributed by atoms with E-state index in [4.69, 9.17) is 10.8 Å². The van der Waals surface area contributed by atoms with Gasteiger partial charge in [0.25, 0.3) is 0 Å². The zero-order valence-electron chi connectivity index (χ0n) is 16.0. The molecule has 0 saturated carbocycles. The second kappa shape index (κ2) is 8.78. The molecule has 2 aromatic carbocycles. The van der Waals surface area contributed by atoms with Crippen molar-refractivity contribution in [1.82, 2.24) is 14.3 Å². The predicted octanol–water partition coefficient (Wildman–Crippen LogP) is 2.42. The molecule has 0 aliphatic carbocycles. The van der Waals surface area contributed by atoms with Gasteiger partial charge in [-0.2, -0.15) is 18.3 Å². The van der Waals surface area contributed by atoms with Gasteiger partial charge in [-0.3, -0.25) is 4.79 Å². The lowest BCUT2D eigenvalue weighted by Gasteiger charge is -2.18. The first-order chi connectivity index (χ1) is 14.7. The normalized spacial score (nSPS) is 11.7. The van der Waals surface area contributed by atoms with E-state index in [1.54, 1.807) is 24.3 Å². The molecule has 1 aromatic heterocycles. The second-order valence-corrected chi connectivity index (χ2v) is 6.52. The van der Waals surface area contributed by atoms with E-state index in [0.717, 1.165) is 16.8 Å². The van der Waals surface area contributed by atoms with Crippen LogP contribution in [-0.2, 0) is 17.5 Å². The van der Waals surface area contributed by atoms with Crippen LogP contribution in [0.4, 0.5) is 18.9 Å². The number of nitrogens with two attached hydrogens (primary N) is 1. The van der Waals surface area contributed by atoms with Gasteiger partial charge in [0.05, 0.1) is 17.8 Å². The number of carboxylic acids is 1. The minimum Gasteiger partial charge on any atom is -0.480 e. The number of alkyl halides is 3. The Hall–Kier alpha value is -4.02. The number of anilines is 1. The molecule has 11 heteroatoms. The summed E-state index contributed by atoms with van der Waals surface area (Å²) in [5.74, 6) is -1.04. The van der Waals surface area contributed by atoms with Crippen LogP contribution in [-0.4, -0.2) is 32.0 Å². The van der Waals surface area contributed by atoms with E-state index in [0.29, 0.717) is 16.9 Å². The highest BCUT2D eigenvalue weighted by Gasteiger charge is 2.29. The summed E-state index contributed by atoms with van der Waals surface area (Å²) in [6, 6.07) is 11.0. The number of halogens is 3. The summed E-state index contributed by atoms with van der Waals surface area (Å²) in [7, 11) is 0.